The summed E-state index contributed by atoms with van der Waals surface area (Å²) >= 11 is 5.24. The predicted octanol–water partition coefficient (Wildman–Crippen LogP) is 9.98. The van der Waals surface area contributed by atoms with Crippen LogP contribution in [0.3, 0.4) is 0 Å². The molecule has 5 aromatic rings. The minimum Gasteiger partial charge on any atom is -0.340 e. The van der Waals surface area contributed by atoms with Crippen LogP contribution in [-0.4, -0.2) is 16.7 Å². The zero-order chi connectivity index (χ0) is 29.4. The molecule has 0 bridgehead atoms. The van der Waals surface area contributed by atoms with E-state index in [0.717, 1.165) is 57.8 Å². The Hall–Kier alpha value is -3.48. The summed E-state index contributed by atoms with van der Waals surface area (Å²) in [7, 11) is 0. The number of rotatable bonds is 6. The second-order valence-corrected chi connectivity index (χ2v) is 14.3. The number of hydrogen-bond acceptors (Lipinski definition) is 3. The fourth-order valence-electron chi connectivity index (χ4n) is 6.07. The first kappa shape index (κ1) is 28.6. The molecule has 1 aliphatic carbocycles. The van der Waals surface area contributed by atoms with Gasteiger partial charge >= 0.3 is 0 Å². The first-order valence-electron chi connectivity index (χ1n) is 14.6. The number of hydrogen-bond donors (Lipinski definition) is 1. The monoisotopic (exact) mass is 637 g/mol. The molecule has 0 unspecified atom stereocenters. The number of nitrogens with one attached hydrogen (secondary N) is 1. The molecule has 0 saturated carbocycles. The third kappa shape index (κ3) is 5.75. The number of fused-ring (bicyclic) bond motifs is 2. The summed E-state index contributed by atoms with van der Waals surface area (Å²) in [6.45, 7) is 9.91. The van der Waals surface area contributed by atoms with Crippen molar-refractivity contribution in [3.05, 3.63) is 116 Å². The first-order valence-corrected chi connectivity index (χ1v) is 16.2. The highest BCUT2D eigenvalue weighted by Gasteiger charge is 2.33. The number of aromatic nitrogens is 1. The van der Waals surface area contributed by atoms with Crippen LogP contribution in [0.5, 0.6) is 0 Å². The second-order valence-electron chi connectivity index (χ2n) is 12.3. The zero-order valence-corrected chi connectivity index (χ0v) is 27.0. The van der Waals surface area contributed by atoms with E-state index in [1.165, 1.54) is 26.9 Å². The summed E-state index contributed by atoms with van der Waals surface area (Å²) in [6, 6.07) is 26.7. The van der Waals surface area contributed by atoms with Gasteiger partial charge in [-0.05, 0) is 79.0 Å². The number of anilines is 1. The molecule has 0 fully saturated rings. The zero-order valence-electron chi connectivity index (χ0n) is 24.6. The van der Waals surface area contributed by atoms with Crippen molar-refractivity contribution in [2.45, 2.75) is 53.5 Å². The number of nitrogens with zero attached hydrogens (tertiary/aromatic N) is 2. The minimum atomic E-state index is -0.0746. The average Bonchev–Trinajstić information content (AvgIpc) is 3.47. The van der Waals surface area contributed by atoms with E-state index in [-0.39, 0.29) is 11.3 Å². The Balaban J connectivity index is 1.40. The molecule has 6 rings (SSSR count). The maximum atomic E-state index is 13.8. The molecule has 1 amide bonds. The van der Waals surface area contributed by atoms with Gasteiger partial charge in [-0.1, -0.05) is 85.2 Å². The highest BCUT2D eigenvalue weighted by Crippen LogP contribution is 2.45. The second kappa shape index (κ2) is 11.7. The number of carbonyl (C=O) groups is 1. The Kier molecular flexibility index (Phi) is 7.95. The molecule has 2 aromatic heterocycles. The van der Waals surface area contributed by atoms with E-state index >= 15 is 0 Å². The molecule has 3 aromatic carbocycles. The van der Waals surface area contributed by atoms with Gasteiger partial charge in [-0.3, -0.25) is 4.79 Å². The minimum absolute atomic E-state index is 0.0746. The molecular formula is C36H36BrN3OS. The molecule has 0 radical (unpaired) electrons. The van der Waals surface area contributed by atoms with E-state index in [0.29, 0.717) is 5.92 Å². The van der Waals surface area contributed by atoms with E-state index < -0.39 is 0 Å². The van der Waals surface area contributed by atoms with Gasteiger partial charge in [0.05, 0.1) is 5.56 Å². The summed E-state index contributed by atoms with van der Waals surface area (Å²) in [5.74, 6) is 0.513. The fourth-order valence-corrected chi connectivity index (χ4v) is 7.60. The molecule has 42 heavy (non-hydrogen) atoms. The average molecular weight is 639 g/mol. The van der Waals surface area contributed by atoms with Gasteiger partial charge in [0.1, 0.15) is 5.00 Å². The van der Waals surface area contributed by atoms with Crippen molar-refractivity contribution in [3.63, 3.8) is 0 Å². The Labute approximate surface area is 260 Å². The van der Waals surface area contributed by atoms with Gasteiger partial charge in [0.2, 0.25) is 0 Å². The summed E-state index contributed by atoms with van der Waals surface area (Å²) in [5, 5.41) is 5.10. The normalized spacial score (nSPS) is 15.3. The summed E-state index contributed by atoms with van der Waals surface area (Å²) < 4.78 is 3.43. The summed E-state index contributed by atoms with van der Waals surface area (Å²) in [4.78, 5) is 20.2. The highest BCUT2D eigenvalue weighted by atomic mass is 79.9. The molecule has 1 atom stereocenters. The molecule has 0 aliphatic heterocycles. The molecule has 1 N–H and O–H groups in total. The smallest absolute Gasteiger partial charge is 0.259 e. The topological polar surface area (TPSA) is 46.4 Å². The molecule has 2 heterocycles. The lowest BCUT2D eigenvalue weighted by Crippen LogP contribution is -2.27. The number of amides is 1. The Morgan fingerprint density at radius 1 is 1.05 bits per heavy atom. The maximum absolute atomic E-state index is 13.8. The first-order chi connectivity index (χ1) is 20.2. The number of carbonyl (C=O) groups excluding carboxylic acids is 1. The van der Waals surface area contributed by atoms with Gasteiger partial charge in [-0.15, -0.1) is 11.3 Å². The van der Waals surface area contributed by atoms with E-state index in [1.54, 1.807) is 11.3 Å². The lowest BCUT2D eigenvalue weighted by Gasteiger charge is -2.33. The molecule has 6 heteroatoms. The lowest BCUT2D eigenvalue weighted by atomic mass is 9.72. The molecular weight excluding hydrogens is 602 g/mol. The van der Waals surface area contributed by atoms with E-state index in [2.05, 4.69) is 102 Å². The van der Waals surface area contributed by atoms with Crippen molar-refractivity contribution in [2.24, 2.45) is 16.3 Å². The molecule has 1 aliphatic rings. The predicted molar refractivity (Wildman–Crippen MR) is 181 cm³/mol. The Morgan fingerprint density at radius 2 is 1.76 bits per heavy atom. The Morgan fingerprint density at radius 3 is 2.50 bits per heavy atom. The van der Waals surface area contributed by atoms with Crippen LogP contribution < -0.4 is 5.32 Å². The molecule has 0 spiro atoms. The van der Waals surface area contributed by atoms with Crippen molar-refractivity contribution in [1.82, 2.24) is 4.57 Å². The van der Waals surface area contributed by atoms with Crippen LogP contribution in [0.25, 0.3) is 10.9 Å². The third-order valence-corrected chi connectivity index (χ3v) is 10.3. The van der Waals surface area contributed by atoms with Crippen LogP contribution in [0, 0.1) is 18.3 Å². The largest absolute Gasteiger partial charge is 0.340 e. The number of thiophene rings is 1. The van der Waals surface area contributed by atoms with Crippen LogP contribution in [0.2, 0.25) is 0 Å². The van der Waals surface area contributed by atoms with Gasteiger partial charge in [-0.2, -0.15) is 0 Å². The summed E-state index contributed by atoms with van der Waals surface area (Å²) in [5.41, 5.74) is 7.61. The van der Waals surface area contributed by atoms with E-state index in [1.807, 2.05) is 36.5 Å². The molecule has 214 valence electrons. The summed E-state index contributed by atoms with van der Waals surface area (Å²) in [6.07, 6.45) is 4.97. The van der Waals surface area contributed by atoms with Crippen LogP contribution in [0.1, 0.15) is 64.8 Å². The number of para-hydroxylation sites is 2. The molecule has 0 saturated heterocycles. The van der Waals surface area contributed by atoms with Crippen LogP contribution in [-0.2, 0) is 19.4 Å². The number of halogens is 1. The van der Waals surface area contributed by atoms with Gasteiger partial charge in [0.25, 0.3) is 5.91 Å². The van der Waals surface area contributed by atoms with Crippen molar-refractivity contribution in [2.75, 3.05) is 5.32 Å². The van der Waals surface area contributed by atoms with Crippen LogP contribution in [0.15, 0.2) is 88.3 Å². The third-order valence-electron chi connectivity index (χ3n) is 8.57. The molecule has 4 nitrogen and oxygen atoms in total. The van der Waals surface area contributed by atoms with E-state index in [4.69, 9.17) is 4.99 Å². The van der Waals surface area contributed by atoms with Crippen molar-refractivity contribution in [1.29, 1.82) is 0 Å². The maximum Gasteiger partial charge on any atom is 0.259 e. The van der Waals surface area contributed by atoms with Crippen molar-refractivity contribution in [3.8, 4) is 0 Å². The van der Waals surface area contributed by atoms with Gasteiger partial charge < -0.3 is 9.88 Å². The SMILES string of the molecule is Cc1c(C=Nc2sc3c(c2C(=O)Nc2ccccc2)CC[C@H](C(C)(C)C)C3)c2ccccc2n1Cc1ccc(Br)cc1. The number of benzene rings is 3. The Bertz CT molecular complexity index is 1770. The van der Waals surface area contributed by atoms with Crippen LogP contribution in [0.4, 0.5) is 10.7 Å². The van der Waals surface area contributed by atoms with Crippen molar-refractivity contribution < 1.29 is 4.79 Å². The van der Waals surface area contributed by atoms with Crippen LogP contribution >= 0.6 is 27.3 Å². The van der Waals surface area contributed by atoms with Gasteiger partial charge in [0, 0.05) is 50.0 Å². The van der Waals surface area contributed by atoms with Gasteiger partial charge in [0.15, 0.2) is 0 Å². The van der Waals surface area contributed by atoms with E-state index in [9.17, 15) is 4.79 Å². The van der Waals surface area contributed by atoms with Crippen molar-refractivity contribution >= 4 is 61.0 Å². The fraction of sp³-hybridized carbons (Fsp3) is 0.278. The highest BCUT2D eigenvalue weighted by molar-refractivity contribution is 9.10. The lowest BCUT2D eigenvalue weighted by molar-refractivity contribution is 0.102. The number of aliphatic imine (C=N–C) groups is 1. The standard InChI is InChI=1S/C36H36BrN3OS/c1-23-30(28-12-8-9-13-31(28)40(23)22-24-14-17-26(37)18-15-24)21-38-35-33(34(41)39-27-10-6-5-7-11-27)29-19-16-25(36(2,3)4)20-32(29)42-35/h5-15,17-18,21,25H,16,19-20,22H2,1-4H3,(H,39,41)/t25-/m0/s1. The quantitative estimate of drug-likeness (QED) is 0.185. The van der Waals surface area contributed by atoms with Gasteiger partial charge in [-0.25, -0.2) is 4.99 Å².